The van der Waals surface area contributed by atoms with Crippen LogP contribution in [0.4, 0.5) is 5.69 Å². The van der Waals surface area contributed by atoms with Gasteiger partial charge in [-0.15, -0.1) is 0 Å². The van der Waals surface area contributed by atoms with Gasteiger partial charge in [-0.2, -0.15) is 0 Å². The smallest absolute Gasteiger partial charge is 0.278 e. The predicted molar refractivity (Wildman–Crippen MR) is 69.5 cm³/mol. The Morgan fingerprint density at radius 2 is 1.89 bits per heavy atom. The van der Waals surface area contributed by atoms with E-state index in [4.69, 9.17) is 4.74 Å². The van der Waals surface area contributed by atoms with E-state index in [-0.39, 0.29) is 5.69 Å². The second kappa shape index (κ2) is 4.73. The standard InChI is InChI=1S/C12H11NO4S/c1-17-12-9-6-4-3-5-8(9)10(13(14)15)7-11(12)18(2)16/h3-7H,1-2H3. The van der Waals surface area contributed by atoms with Crippen LogP contribution in [0.1, 0.15) is 0 Å². The van der Waals surface area contributed by atoms with E-state index in [1.54, 1.807) is 24.3 Å². The third kappa shape index (κ3) is 1.95. The first kappa shape index (κ1) is 12.5. The average molecular weight is 265 g/mol. The van der Waals surface area contributed by atoms with Gasteiger partial charge in [0.15, 0.2) is 0 Å². The maximum absolute atomic E-state index is 11.7. The van der Waals surface area contributed by atoms with Crippen molar-refractivity contribution in [2.45, 2.75) is 4.90 Å². The van der Waals surface area contributed by atoms with Crippen molar-refractivity contribution in [3.8, 4) is 5.75 Å². The number of hydrogen-bond acceptors (Lipinski definition) is 4. The molecule has 18 heavy (non-hydrogen) atoms. The van der Waals surface area contributed by atoms with Crippen molar-refractivity contribution in [2.24, 2.45) is 0 Å². The molecule has 1 atom stereocenters. The van der Waals surface area contributed by atoms with Gasteiger partial charge >= 0.3 is 0 Å². The molecular formula is C12H11NO4S. The highest BCUT2D eigenvalue weighted by atomic mass is 32.2. The Hall–Kier alpha value is -1.95. The van der Waals surface area contributed by atoms with Crippen LogP contribution in [0.3, 0.4) is 0 Å². The zero-order valence-corrected chi connectivity index (χ0v) is 10.7. The summed E-state index contributed by atoms with van der Waals surface area (Å²) < 4.78 is 16.9. The first-order valence-corrected chi connectivity index (χ1v) is 6.69. The minimum atomic E-state index is -1.35. The number of fused-ring (bicyclic) bond motifs is 1. The molecular weight excluding hydrogens is 254 g/mol. The Kier molecular flexibility index (Phi) is 3.29. The Bertz CT molecular complexity index is 654. The first-order valence-electron chi connectivity index (χ1n) is 5.13. The maximum Gasteiger partial charge on any atom is 0.278 e. The largest absolute Gasteiger partial charge is 0.495 e. The van der Waals surface area contributed by atoms with Crippen molar-refractivity contribution < 1.29 is 13.9 Å². The number of nitro groups is 1. The van der Waals surface area contributed by atoms with Crippen molar-refractivity contribution in [1.29, 1.82) is 0 Å². The zero-order chi connectivity index (χ0) is 13.3. The fourth-order valence-corrected chi connectivity index (χ4v) is 2.61. The van der Waals surface area contributed by atoms with Gasteiger partial charge in [0, 0.05) is 17.7 Å². The summed E-state index contributed by atoms with van der Waals surface area (Å²) >= 11 is 0. The second-order valence-corrected chi connectivity index (χ2v) is 5.03. The highest BCUT2D eigenvalue weighted by molar-refractivity contribution is 7.84. The minimum absolute atomic E-state index is 0.0587. The Balaban J connectivity index is 2.95. The van der Waals surface area contributed by atoms with Crippen molar-refractivity contribution in [1.82, 2.24) is 0 Å². The van der Waals surface area contributed by atoms with E-state index < -0.39 is 15.7 Å². The van der Waals surface area contributed by atoms with Crippen LogP contribution in [0, 0.1) is 10.1 Å². The van der Waals surface area contributed by atoms with Gasteiger partial charge in [0.25, 0.3) is 5.69 Å². The summed E-state index contributed by atoms with van der Waals surface area (Å²) in [6.45, 7) is 0. The molecule has 2 aromatic rings. The summed E-state index contributed by atoms with van der Waals surface area (Å²) in [5.74, 6) is 0.428. The van der Waals surface area contributed by atoms with Crippen LogP contribution in [0.25, 0.3) is 10.8 Å². The summed E-state index contributed by atoms with van der Waals surface area (Å²) in [5, 5.41) is 12.1. The minimum Gasteiger partial charge on any atom is -0.495 e. The summed E-state index contributed by atoms with van der Waals surface area (Å²) in [5.41, 5.74) is -0.0587. The summed E-state index contributed by atoms with van der Waals surface area (Å²) in [7, 11) is 0.110. The van der Waals surface area contributed by atoms with Crippen molar-refractivity contribution in [2.75, 3.05) is 13.4 Å². The summed E-state index contributed by atoms with van der Waals surface area (Å²) in [4.78, 5) is 10.9. The summed E-state index contributed by atoms with van der Waals surface area (Å²) in [6, 6.07) is 8.17. The lowest BCUT2D eigenvalue weighted by atomic mass is 10.1. The lowest BCUT2D eigenvalue weighted by molar-refractivity contribution is -0.383. The zero-order valence-electron chi connectivity index (χ0n) is 9.88. The normalized spacial score (nSPS) is 12.3. The SMILES string of the molecule is COc1c(S(C)=O)cc([N+](=O)[O-])c2ccccc12. The van der Waals surface area contributed by atoms with E-state index in [0.29, 0.717) is 21.4 Å². The fraction of sp³-hybridized carbons (Fsp3) is 0.167. The molecule has 0 bridgehead atoms. The molecule has 0 aliphatic heterocycles. The van der Waals surface area contributed by atoms with Crippen LogP contribution >= 0.6 is 0 Å². The molecule has 2 rings (SSSR count). The van der Waals surface area contributed by atoms with E-state index in [0.717, 1.165) is 0 Å². The third-order valence-corrected chi connectivity index (χ3v) is 3.57. The lowest BCUT2D eigenvalue weighted by Gasteiger charge is -2.10. The number of benzene rings is 2. The Morgan fingerprint density at radius 1 is 1.28 bits per heavy atom. The van der Waals surface area contributed by atoms with Crippen LogP contribution in [-0.2, 0) is 10.8 Å². The number of nitro benzene ring substituents is 1. The number of non-ortho nitro benzene ring substituents is 1. The molecule has 5 nitrogen and oxygen atoms in total. The van der Waals surface area contributed by atoms with Gasteiger partial charge < -0.3 is 4.74 Å². The molecule has 0 aliphatic carbocycles. The fourth-order valence-electron chi connectivity index (χ4n) is 1.88. The van der Waals surface area contributed by atoms with Crippen LogP contribution in [0.2, 0.25) is 0 Å². The molecule has 0 spiro atoms. The van der Waals surface area contributed by atoms with Crippen molar-refractivity contribution in [3.05, 3.63) is 40.4 Å². The third-order valence-electron chi connectivity index (χ3n) is 2.65. The van der Waals surface area contributed by atoms with Gasteiger partial charge in [0.1, 0.15) is 5.75 Å². The van der Waals surface area contributed by atoms with Crippen LogP contribution in [0.15, 0.2) is 35.2 Å². The molecule has 0 aliphatic rings. The molecule has 0 aromatic heterocycles. The highest BCUT2D eigenvalue weighted by Crippen LogP contribution is 2.37. The van der Waals surface area contributed by atoms with Gasteiger partial charge in [-0.3, -0.25) is 14.3 Å². The number of methoxy groups -OCH3 is 1. The van der Waals surface area contributed by atoms with E-state index in [9.17, 15) is 14.3 Å². The van der Waals surface area contributed by atoms with Crippen LogP contribution in [-0.4, -0.2) is 22.5 Å². The van der Waals surface area contributed by atoms with Gasteiger partial charge in [0.05, 0.1) is 33.1 Å². The van der Waals surface area contributed by atoms with Gasteiger partial charge in [-0.05, 0) is 6.07 Å². The van der Waals surface area contributed by atoms with Crippen LogP contribution in [0.5, 0.6) is 5.75 Å². The molecule has 0 saturated carbocycles. The number of ether oxygens (including phenoxy) is 1. The predicted octanol–water partition coefficient (Wildman–Crippen LogP) is 2.49. The Morgan fingerprint density at radius 3 is 2.39 bits per heavy atom. The number of rotatable bonds is 3. The monoisotopic (exact) mass is 265 g/mol. The molecule has 2 aromatic carbocycles. The Labute approximate surface area is 106 Å². The quantitative estimate of drug-likeness (QED) is 0.631. The average Bonchev–Trinajstić information content (AvgIpc) is 2.36. The molecule has 0 fully saturated rings. The van der Waals surface area contributed by atoms with Gasteiger partial charge in [0.2, 0.25) is 0 Å². The maximum atomic E-state index is 11.7. The molecule has 0 N–H and O–H groups in total. The molecule has 6 heteroatoms. The molecule has 0 amide bonds. The molecule has 0 radical (unpaired) electrons. The van der Waals surface area contributed by atoms with E-state index in [2.05, 4.69) is 0 Å². The highest BCUT2D eigenvalue weighted by Gasteiger charge is 2.20. The number of nitrogens with zero attached hydrogens (tertiary/aromatic N) is 1. The molecule has 94 valence electrons. The topological polar surface area (TPSA) is 69.4 Å². The summed E-state index contributed by atoms with van der Waals surface area (Å²) in [6.07, 6.45) is 1.47. The molecule has 0 heterocycles. The van der Waals surface area contributed by atoms with Gasteiger partial charge in [-0.25, -0.2) is 0 Å². The van der Waals surface area contributed by atoms with Gasteiger partial charge in [-0.1, -0.05) is 18.2 Å². The second-order valence-electron chi connectivity index (χ2n) is 3.68. The van der Waals surface area contributed by atoms with Crippen LogP contribution < -0.4 is 4.74 Å². The van der Waals surface area contributed by atoms with Crippen molar-refractivity contribution >= 4 is 27.3 Å². The van der Waals surface area contributed by atoms with E-state index >= 15 is 0 Å². The lowest BCUT2D eigenvalue weighted by Crippen LogP contribution is -1.99. The number of hydrogen-bond donors (Lipinski definition) is 0. The van der Waals surface area contributed by atoms with E-state index in [1.165, 1.54) is 19.4 Å². The molecule has 1 unspecified atom stereocenters. The molecule has 0 saturated heterocycles. The first-order chi connectivity index (χ1) is 8.56. The van der Waals surface area contributed by atoms with E-state index in [1.807, 2.05) is 0 Å². The van der Waals surface area contributed by atoms with Crippen molar-refractivity contribution in [3.63, 3.8) is 0 Å².